The minimum absolute atomic E-state index is 0.218. The van der Waals surface area contributed by atoms with Crippen molar-refractivity contribution < 1.29 is 24.2 Å². The number of carbonyl (C=O) groups is 2. The van der Waals surface area contributed by atoms with Crippen LogP contribution in [0.25, 0.3) is 0 Å². The highest BCUT2D eigenvalue weighted by molar-refractivity contribution is 7.10. The second-order valence-corrected chi connectivity index (χ2v) is 10.3. The van der Waals surface area contributed by atoms with E-state index in [1.807, 2.05) is 37.3 Å². The maximum atomic E-state index is 12.8. The Balaban J connectivity index is 0.00000118. The van der Waals surface area contributed by atoms with E-state index in [1.54, 1.807) is 11.3 Å². The number of nitrogens with zero attached hydrogens (tertiary/aromatic N) is 1. The molecule has 1 aliphatic heterocycles. The SMILES string of the molecule is C=C(/C=C\CC)C1CCCN1C(=O)C(O)C(O)C(=O)NCCc1cc(Cc2ccccc2)cs1.C=C(C)F. The number of rotatable bonds is 11. The first-order chi connectivity index (χ1) is 18.1. The number of hydrogen-bond donors (Lipinski definition) is 3. The molecule has 1 fully saturated rings. The molecule has 8 heteroatoms. The van der Waals surface area contributed by atoms with Gasteiger partial charge < -0.3 is 20.4 Å². The second-order valence-electron chi connectivity index (χ2n) is 9.27. The van der Waals surface area contributed by atoms with Crippen molar-refractivity contribution in [1.29, 1.82) is 0 Å². The number of thiophene rings is 1. The van der Waals surface area contributed by atoms with Gasteiger partial charge in [-0.25, -0.2) is 4.39 Å². The van der Waals surface area contributed by atoms with Gasteiger partial charge in [-0.3, -0.25) is 9.59 Å². The quantitative estimate of drug-likeness (QED) is 0.359. The molecule has 2 heterocycles. The fourth-order valence-electron chi connectivity index (χ4n) is 4.14. The summed E-state index contributed by atoms with van der Waals surface area (Å²) in [5, 5.41) is 25.5. The molecule has 206 valence electrons. The number of amides is 2. The molecule has 0 bridgehead atoms. The van der Waals surface area contributed by atoms with E-state index >= 15 is 0 Å². The molecule has 1 aromatic carbocycles. The first-order valence-electron chi connectivity index (χ1n) is 12.8. The fourth-order valence-corrected chi connectivity index (χ4v) is 5.03. The van der Waals surface area contributed by atoms with Crippen LogP contribution in [0.15, 0.2) is 78.5 Å². The Labute approximate surface area is 229 Å². The number of aliphatic hydroxyl groups excluding tert-OH is 2. The van der Waals surface area contributed by atoms with Crippen LogP contribution in [0.3, 0.4) is 0 Å². The van der Waals surface area contributed by atoms with E-state index in [2.05, 4.69) is 42.1 Å². The van der Waals surface area contributed by atoms with E-state index in [0.717, 1.165) is 36.1 Å². The minimum Gasteiger partial charge on any atom is -0.380 e. The van der Waals surface area contributed by atoms with Crippen LogP contribution in [0, 0.1) is 0 Å². The average molecular weight is 543 g/mol. The van der Waals surface area contributed by atoms with Crippen molar-refractivity contribution in [2.24, 2.45) is 0 Å². The van der Waals surface area contributed by atoms with E-state index < -0.39 is 24.0 Å². The monoisotopic (exact) mass is 542 g/mol. The molecule has 1 saturated heterocycles. The van der Waals surface area contributed by atoms with Crippen LogP contribution in [0.2, 0.25) is 0 Å². The molecule has 3 atom stereocenters. The Hall–Kier alpha value is -3.07. The maximum Gasteiger partial charge on any atom is 0.255 e. The predicted molar refractivity (Wildman–Crippen MR) is 152 cm³/mol. The Morgan fingerprint density at radius 2 is 1.89 bits per heavy atom. The fraction of sp³-hybridized carbons (Fsp3) is 0.400. The van der Waals surface area contributed by atoms with Crippen LogP contribution in [0.5, 0.6) is 0 Å². The zero-order chi connectivity index (χ0) is 28.1. The third-order valence-electron chi connectivity index (χ3n) is 5.98. The summed E-state index contributed by atoms with van der Waals surface area (Å²) in [5.74, 6) is -1.72. The van der Waals surface area contributed by atoms with Gasteiger partial charge in [0.15, 0.2) is 12.2 Å². The van der Waals surface area contributed by atoms with Crippen molar-refractivity contribution in [2.75, 3.05) is 13.1 Å². The van der Waals surface area contributed by atoms with Crippen LogP contribution in [-0.4, -0.2) is 58.3 Å². The van der Waals surface area contributed by atoms with Crippen LogP contribution in [-0.2, 0) is 22.4 Å². The van der Waals surface area contributed by atoms with Crippen LogP contribution in [0.4, 0.5) is 4.39 Å². The van der Waals surface area contributed by atoms with Crippen molar-refractivity contribution in [3.8, 4) is 0 Å². The van der Waals surface area contributed by atoms with E-state index in [-0.39, 0.29) is 11.9 Å². The third kappa shape index (κ3) is 10.0. The van der Waals surface area contributed by atoms with Gasteiger partial charge in [0.1, 0.15) is 0 Å². The van der Waals surface area contributed by atoms with Gasteiger partial charge in [0.05, 0.1) is 11.9 Å². The first-order valence-corrected chi connectivity index (χ1v) is 13.7. The van der Waals surface area contributed by atoms with Gasteiger partial charge in [-0.15, -0.1) is 11.3 Å². The first kappa shape index (κ1) is 31.1. The zero-order valence-electron chi connectivity index (χ0n) is 22.2. The number of likely N-dealkylation sites (tertiary alicyclic amines) is 1. The molecule has 0 aliphatic carbocycles. The van der Waals surface area contributed by atoms with Crippen LogP contribution >= 0.6 is 11.3 Å². The number of aliphatic hydroxyl groups is 2. The normalized spacial score (nSPS) is 16.4. The number of hydrogen-bond acceptors (Lipinski definition) is 5. The molecule has 1 aliphatic rings. The highest BCUT2D eigenvalue weighted by Gasteiger charge is 2.38. The Bertz CT molecular complexity index is 1090. The van der Waals surface area contributed by atoms with E-state index in [1.165, 1.54) is 23.0 Å². The molecule has 2 aromatic rings. The smallest absolute Gasteiger partial charge is 0.255 e. The van der Waals surface area contributed by atoms with Crippen molar-refractivity contribution in [3.05, 3.63) is 94.5 Å². The summed E-state index contributed by atoms with van der Waals surface area (Å²) >= 11 is 1.63. The molecule has 3 rings (SSSR count). The second kappa shape index (κ2) is 16.0. The van der Waals surface area contributed by atoms with Crippen molar-refractivity contribution in [3.63, 3.8) is 0 Å². The van der Waals surface area contributed by atoms with Gasteiger partial charge in [-0.2, -0.15) is 0 Å². The summed E-state index contributed by atoms with van der Waals surface area (Å²) in [6, 6.07) is 12.1. The summed E-state index contributed by atoms with van der Waals surface area (Å²) in [6.45, 7) is 11.0. The summed E-state index contributed by atoms with van der Waals surface area (Å²) in [6.07, 6.45) is 4.11. The lowest BCUT2D eigenvalue weighted by Gasteiger charge is -2.28. The standard InChI is InChI=1S/C27H34N2O4S.C3H5F/c1-3-4-9-19(2)23-12-8-15-29(23)27(33)25(31)24(30)26(32)28-14-13-22-17-21(18-34-22)16-20-10-6-5-7-11-20;1-3(2)4/h4-7,9-11,17-18,23-25,30-31H,2-3,8,12-16H2,1H3,(H,28,32);1H2,2H3/b9-4-;. The number of allylic oxidation sites excluding steroid dienone is 2. The summed E-state index contributed by atoms with van der Waals surface area (Å²) in [7, 11) is 0. The van der Waals surface area contributed by atoms with E-state index in [4.69, 9.17) is 0 Å². The highest BCUT2D eigenvalue weighted by atomic mass is 32.1. The molecule has 1 aromatic heterocycles. The third-order valence-corrected chi connectivity index (χ3v) is 7.03. The summed E-state index contributed by atoms with van der Waals surface area (Å²) < 4.78 is 10.8. The van der Waals surface area contributed by atoms with E-state index in [9.17, 15) is 24.2 Å². The van der Waals surface area contributed by atoms with Gasteiger partial charge >= 0.3 is 0 Å². The van der Waals surface area contributed by atoms with Gasteiger partial charge in [-0.05, 0) is 67.2 Å². The Kier molecular flexibility index (Phi) is 13.1. The average Bonchev–Trinajstić information content (AvgIpc) is 3.56. The van der Waals surface area contributed by atoms with E-state index in [0.29, 0.717) is 19.5 Å². The number of carbonyl (C=O) groups excluding carboxylic acids is 2. The number of halogens is 1. The number of benzene rings is 1. The molecule has 0 saturated carbocycles. The van der Waals surface area contributed by atoms with Crippen LogP contribution < -0.4 is 5.32 Å². The molecule has 3 unspecified atom stereocenters. The molecule has 0 radical (unpaired) electrons. The molecule has 38 heavy (non-hydrogen) atoms. The van der Waals surface area contributed by atoms with Crippen molar-refractivity contribution in [1.82, 2.24) is 10.2 Å². The molecular formula is C30H39FN2O4S. The Morgan fingerprint density at radius 3 is 2.55 bits per heavy atom. The lowest BCUT2D eigenvalue weighted by Crippen LogP contribution is -2.52. The topological polar surface area (TPSA) is 89.9 Å². The molecule has 3 N–H and O–H groups in total. The van der Waals surface area contributed by atoms with Gasteiger partial charge in [0.25, 0.3) is 11.8 Å². The van der Waals surface area contributed by atoms with Gasteiger partial charge in [0, 0.05) is 18.0 Å². The summed E-state index contributed by atoms with van der Waals surface area (Å²) in [4.78, 5) is 27.8. The van der Waals surface area contributed by atoms with Gasteiger partial charge in [-0.1, -0.05) is 62.6 Å². The van der Waals surface area contributed by atoms with Gasteiger partial charge in [0.2, 0.25) is 0 Å². The van der Waals surface area contributed by atoms with Crippen LogP contribution in [0.1, 0.15) is 49.1 Å². The molecule has 0 spiro atoms. The lowest BCUT2D eigenvalue weighted by molar-refractivity contribution is -0.153. The molecule has 6 nitrogen and oxygen atoms in total. The summed E-state index contributed by atoms with van der Waals surface area (Å²) in [5.41, 5.74) is 3.25. The predicted octanol–water partition coefficient (Wildman–Crippen LogP) is 4.72. The van der Waals surface area contributed by atoms with Crippen molar-refractivity contribution >= 4 is 23.2 Å². The maximum absolute atomic E-state index is 12.8. The molecular weight excluding hydrogens is 503 g/mol. The largest absolute Gasteiger partial charge is 0.380 e. The molecule has 2 amide bonds. The Morgan fingerprint density at radius 1 is 1.21 bits per heavy atom. The lowest BCUT2D eigenvalue weighted by atomic mass is 10.0. The van der Waals surface area contributed by atoms with Crippen molar-refractivity contribution in [2.45, 2.75) is 64.2 Å². The zero-order valence-corrected chi connectivity index (χ0v) is 23.1. The minimum atomic E-state index is -1.81. The highest BCUT2D eigenvalue weighted by Crippen LogP contribution is 2.25. The number of nitrogens with one attached hydrogen (secondary N) is 1.